The maximum absolute atomic E-state index is 15.0. The summed E-state index contributed by atoms with van der Waals surface area (Å²) in [6.07, 6.45) is 0.0606. The van der Waals surface area contributed by atoms with Gasteiger partial charge in [0.05, 0.1) is 11.1 Å². The second-order valence-corrected chi connectivity index (χ2v) is 8.61. The SMILES string of the molecule is O=C1C(N2CC[C@H](c3ccc(O)cc3)[C@@H](F)C2)CCN1Cc1ccc(Cl)c(OC(F)F)c1. The van der Waals surface area contributed by atoms with Crippen LogP contribution in [-0.4, -0.2) is 59.3 Å². The van der Waals surface area contributed by atoms with Crippen molar-refractivity contribution < 1.29 is 27.8 Å². The highest BCUT2D eigenvalue weighted by Gasteiger charge is 2.40. The molecule has 32 heavy (non-hydrogen) atoms. The van der Waals surface area contributed by atoms with E-state index >= 15 is 0 Å². The molecule has 0 saturated carbocycles. The number of carbonyl (C=O) groups excluding carboxylic acids is 1. The number of alkyl halides is 3. The number of ether oxygens (including phenoxy) is 1. The molecular weight excluding hydrogens is 445 g/mol. The molecular formula is C23H24ClF3N2O3. The number of hydrogen-bond acceptors (Lipinski definition) is 4. The fraction of sp³-hybridized carbons (Fsp3) is 0.435. The summed E-state index contributed by atoms with van der Waals surface area (Å²) in [5, 5.41) is 9.52. The minimum atomic E-state index is -2.99. The third-order valence-corrected chi connectivity index (χ3v) is 6.50. The lowest BCUT2D eigenvalue weighted by Crippen LogP contribution is -2.49. The van der Waals surface area contributed by atoms with Gasteiger partial charge in [-0.25, -0.2) is 4.39 Å². The van der Waals surface area contributed by atoms with Crippen LogP contribution in [-0.2, 0) is 11.3 Å². The highest BCUT2D eigenvalue weighted by molar-refractivity contribution is 6.32. The lowest BCUT2D eigenvalue weighted by molar-refractivity contribution is -0.133. The van der Waals surface area contributed by atoms with Crippen molar-refractivity contribution in [1.82, 2.24) is 9.80 Å². The highest BCUT2D eigenvalue weighted by Crippen LogP contribution is 2.34. The zero-order valence-corrected chi connectivity index (χ0v) is 18.0. The van der Waals surface area contributed by atoms with Crippen molar-refractivity contribution in [2.45, 2.75) is 44.1 Å². The maximum Gasteiger partial charge on any atom is 0.387 e. The maximum atomic E-state index is 15.0. The first kappa shape index (κ1) is 22.7. The first-order valence-corrected chi connectivity index (χ1v) is 10.9. The minimum absolute atomic E-state index is 0.0742. The fourth-order valence-electron chi connectivity index (χ4n) is 4.58. The zero-order valence-electron chi connectivity index (χ0n) is 17.3. The van der Waals surface area contributed by atoms with Gasteiger partial charge in [0.1, 0.15) is 17.7 Å². The molecule has 0 bridgehead atoms. The Hall–Kier alpha value is -2.45. The number of benzene rings is 2. The summed E-state index contributed by atoms with van der Waals surface area (Å²) in [4.78, 5) is 16.5. The summed E-state index contributed by atoms with van der Waals surface area (Å²) in [7, 11) is 0. The molecule has 2 aromatic carbocycles. The molecule has 2 fully saturated rings. The van der Waals surface area contributed by atoms with Crippen molar-refractivity contribution in [3.8, 4) is 11.5 Å². The lowest BCUT2D eigenvalue weighted by Gasteiger charge is -2.37. The minimum Gasteiger partial charge on any atom is -0.508 e. The largest absolute Gasteiger partial charge is 0.508 e. The number of phenolic OH excluding ortho intramolecular Hbond substituents is 1. The molecule has 2 aliphatic rings. The molecule has 2 heterocycles. The van der Waals surface area contributed by atoms with Crippen molar-refractivity contribution >= 4 is 17.5 Å². The number of phenols is 1. The molecule has 0 aromatic heterocycles. The van der Waals surface area contributed by atoms with Crippen LogP contribution in [0.4, 0.5) is 13.2 Å². The molecule has 0 aliphatic carbocycles. The van der Waals surface area contributed by atoms with Crippen molar-refractivity contribution in [2.75, 3.05) is 19.6 Å². The molecule has 9 heteroatoms. The zero-order chi connectivity index (χ0) is 22.8. The highest BCUT2D eigenvalue weighted by atomic mass is 35.5. The predicted octanol–water partition coefficient (Wildman–Crippen LogP) is 4.58. The molecule has 1 unspecified atom stereocenters. The predicted molar refractivity (Wildman–Crippen MR) is 114 cm³/mol. The summed E-state index contributed by atoms with van der Waals surface area (Å²) in [6, 6.07) is 10.7. The molecule has 5 nitrogen and oxygen atoms in total. The number of amides is 1. The molecule has 4 rings (SSSR count). The van der Waals surface area contributed by atoms with Crippen LogP contribution in [0.2, 0.25) is 5.02 Å². The van der Waals surface area contributed by atoms with Crippen LogP contribution in [0.15, 0.2) is 42.5 Å². The summed E-state index contributed by atoms with van der Waals surface area (Å²) in [5.74, 6) is -0.334. The summed E-state index contributed by atoms with van der Waals surface area (Å²) < 4.78 is 44.5. The van der Waals surface area contributed by atoms with E-state index in [0.717, 1.165) is 5.56 Å². The van der Waals surface area contributed by atoms with E-state index in [1.54, 1.807) is 35.2 Å². The molecule has 2 aromatic rings. The van der Waals surface area contributed by atoms with Crippen LogP contribution < -0.4 is 4.74 Å². The lowest BCUT2D eigenvalue weighted by atomic mass is 9.87. The fourth-order valence-corrected chi connectivity index (χ4v) is 4.74. The standard InChI is InChI=1S/C23H24ClF3N2O3/c24-18-6-1-14(11-21(18)32-23(26)27)12-29-10-8-20(22(29)31)28-9-7-17(19(25)13-28)15-2-4-16(30)5-3-15/h1-6,11,17,19-20,23,30H,7-10,12-13H2/t17-,19+,20?/m1/s1. The van der Waals surface area contributed by atoms with E-state index in [2.05, 4.69) is 4.74 Å². The molecule has 2 saturated heterocycles. The number of halogens is 4. The van der Waals surface area contributed by atoms with E-state index in [1.165, 1.54) is 12.1 Å². The average Bonchev–Trinajstić information content (AvgIpc) is 3.11. The van der Waals surface area contributed by atoms with E-state index in [9.17, 15) is 23.1 Å². The Balaban J connectivity index is 1.37. The van der Waals surface area contributed by atoms with Gasteiger partial charge in [0.25, 0.3) is 0 Å². The van der Waals surface area contributed by atoms with Gasteiger partial charge < -0.3 is 14.7 Å². The molecule has 1 amide bonds. The first-order valence-electron chi connectivity index (χ1n) is 10.5. The third-order valence-electron chi connectivity index (χ3n) is 6.19. The van der Waals surface area contributed by atoms with Gasteiger partial charge in [-0.3, -0.25) is 9.69 Å². The van der Waals surface area contributed by atoms with Crippen LogP contribution in [0.5, 0.6) is 11.5 Å². The van der Waals surface area contributed by atoms with Gasteiger partial charge in [-0.1, -0.05) is 29.8 Å². The van der Waals surface area contributed by atoms with Gasteiger partial charge in [-0.15, -0.1) is 0 Å². The Morgan fingerprint density at radius 1 is 1.12 bits per heavy atom. The Morgan fingerprint density at radius 2 is 1.88 bits per heavy atom. The van der Waals surface area contributed by atoms with E-state index in [-0.39, 0.29) is 41.4 Å². The second-order valence-electron chi connectivity index (χ2n) is 8.21. The Morgan fingerprint density at radius 3 is 2.56 bits per heavy atom. The van der Waals surface area contributed by atoms with E-state index in [1.807, 2.05) is 4.90 Å². The number of aromatic hydroxyl groups is 1. The molecule has 2 aliphatic heterocycles. The monoisotopic (exact) mass is 468 g/mol. The Bertz CT molecular complexity index is 960. The number of carbonyl (C=O) groups is 1. The summed E-state index contributed by atoms with van der Waals surface area (Å²) in [6.45, 7) is -1.47. The molecule has 0 spiro atoms. The number of likely N-dealkylation sites (tertiary alicyclic amines) is 2. The normalized spacial score (nSPS) is 24.3. The molecule has 1 N–H and O–H groups in total. The van der Waals surface area contributed by atoms with Crippen molar-refractivity contribution in [3.63, 3.8) is 0 Å². The van der Waals surface area contributed by atoms with Crippen LogP contribution in [0, 0.1) is 0 Å². The van der Waals surface area contributed by atoms with Gasteiger partial charge in [0.2, 0.25) is 5.91 Å². The van der Waals surface area contributed by atoms with Crippen LogP contribution in [0.3, 0.4) is 0 Å². The van der Waals surface area contributed by atoms with E-state index < -0.39 is 18.8 Å². The smallest absolute Gasteiger partial charge is 0.387 e. The third kappa shape index (κ3) is 4.96. The van der Waals surface area contributed by atoms with Gasteiger partial charge in [-0.2, -0.15) is 8.78 Å². The number of rotatable bonds is 6. The van der Waals surface area contributed by atoms with Gasteiger partial charge in [0.15, 0.2) is 0 Å². The Labute approximate surface area is 189 Å². The molecule has 172 valence electrons. The molecule has 0 radical (unpaired) electrons. The number of hydrogen-bond donors (Lipinski definition) is 1. The van der Waals surface area contributed by atoms with Crippen LogP contribution >= 0.6 is 11.6 Å². The van der Waals surface area contributed by atoms with E-state index in [4.69, 9.17) is 11.6 Å². The summed E-state index contributed by atoms with van der Waals surface area (Å²) in [5.41, 5.74) is 1.48. The van der Waals surface area contributed by atoms with Gasteiger partial charge in [-0.05, 0) is 54.8 Å². The second kappa shape index (κ2) is 9.58. The first-order chi connectivity index (χ1) is 15.3. The van der Waals surface area contributed by atoms with Gasteiger partial charge >= 0.3 is 6.61 Å². The van der Waals surface area contributed by atoms with Crippen LogP contribution in [0.1, 0.15) is 29.9 Å². The van der Waals surface area contributed by atoms with Crippen molar-refractivity contribution in [2.24, 2.45) is 0 Å². The number of nitrogens with zero attached hydrogens (tertiary/aromatic N) is 2. The molecule has 3 atom stereocenters. The quantitative estimate of drug-likeness (QED) is 0.674. The number of piperidine rings is 1. The Kier molecular flexibility index (Phi) is 6.81. The summed E-state index contributed by atoms with van der Waals surface area (Å²) >= 11 is 5.89. The van der Waals surface area contributed by atoms with Gasteiger partial charge in [0, 0.05) is 25.6 Å². The topological polar surface area (TPSA) is 53.0 Å². The van der Waals surface area contributed by atoms with Crippen molar-refractivity contribution in [1.29, 1.82) is 0 Å². The van der Waals surface area contributed by atoms with Crippen LogP contribution in [0.25, 0.3) is 0 Å². The average molecular weight is 469 g/mol. The van der Waals surface area contributed by atoms with Crippen molar-refractivity contribution in [3.05, 3.63) is 58.6 Å². The van der Waals surface area contributed by atoms with E-state index in [0.29, 0.717) is 31.5 Å².